The van der Waals surface area contributed by atoms with E-state index in [4.69, 9.17) is 23.2 Å². The zero-order valence-electron chi connectivity index (χ0n) is 13.6. The summed E-state index contributed by atoms with van der Waals surface area (Å²) in [4.78, 5) is 4.31. The van der Waals surface area contributed by atoms with Crippen molar-refractivity contribution >= 4 is 53.1 Å². The largest absolute Gasteiger partial charge is 0.356 e. The molecule has 0 unspecified atom stereocenters. The minimum absolute atomic E-state index is 0. The maximum Gasteiger partial charge on any atom is 0.191 e. The van der Waals surface area contributed by atoms with Gasteiger partial charge in [-0.3, -0.25) is 4.99 Å². The molecule has 0 radical (unpaired) electrons. The Morgan fingerprint density at radius 1 is 1.26 bits per heavy atom. The Morgan fingerprint density at radius 3 is 2.30 bits per heavy atom. The SMILES string of the molecule is CN=C(NCc1cc(Cl)c(Cl)n1C)NCC(C1CC1)C1CC1.I. The average Bonchev–Trinajstić information content (AvgIpc) is 3.40. The lowest BCUT2D eigenvalue weighted by atomic mass is 9.98. The highest BCUT2D eigenvalue weighted by Crippen LogP contribution is 2.48. The predicted octanol–water partition coefficient (Wildman–Crippen LogP) is 4.05. The quantitative estimate of drug-likeness (QED) is 0.374. The van der Waals surface area contributed by atoms with E-state index in [2.05, 4.69) is 15.6 Å². The van der Waals surface area contributed by atoms with Crippen molar-refractivity contribution < 1.29 is 0 Å². The topological polar surface area (TPSA) is 41.4 Å². The second-order valence-corrected chi connectivity index (χ2v) is 7.24. The molecule has 4 nitrogen and oxygen atoms in total. The summed E-state index contributed by atoms with van der Waals surface area (Å²) in [6.45, 7) is 1.68. The van der Waals surface area contributed by atoms with Crippen LogP contribution in [0.15, 0.2) is 11.1 Å². The summed E-state index contributed by atoms with van der Waals surface area (Å²) in [5.74, 6) is 3.57. The first-order valence-corrected chi connectivity index (χ1v) is 8.80. The van der Waals surface area contributed by atoms with E-state index in [1.807, 2.05) is 24.7 Å². The standard InChI is InChI=1S/C16H24Cl2N4.HI/c1-19-16(20-8-12-7-14(17)15(18)22(12)2)21-9-13(10-3-4-10)11-5-6-11;/h7,10-11,13H,3-6,8-9H2,1-2H3,(H2,19,20,21);1H. The number of nitrogens with one attached hydrogen (secondary N) is 2. The molecule has 0 atom stereocenters. The number of hydrogen-bond donors (Lipinski definition) is 2. The van der Waals surface area contributed by atoms with Crippen LogP contribution in [0.25, 0.3) is 0 Å². The summed E-state index contributed by atoms with van der Waals surface area (Å²) in [5.41, 5.74) is 1.04. The molecule has 3 rings (SSSR count). The van der Waals surface area contributed by atoms with E-state index in [9.17, 15) is 0 Å². The normalized spacial score (nSPS) is 18.0. The van der Waals surface area contributed by atoms with Crippen LogP contribution in [0.2, 0.25) is 10.2 Å². The van der Waals surface area contributed by atoms with Crippen molar-refractivity contribution in [2.75, 3.05) is 13.6 Å². The lowest BCUT2D eigenvalue weighted by Crippen LogP contribution is -2.40. The first-order chi connectivity index (χ1) is 10.6. The Hall–Kier alpha value is -0.140. The molecular formula is C16H25Cl2IN4. The van der Waals surface area contributed by atoms with Crippen LogP contribution in [-0.4, -0.2) is 24.1 Å². The summed E-state index contributed by atoms with van der Waals surface area (Å²) >= 11 is 12.1. The highest BCUT2D eigenvalue weighted by atomic mass is 127. The molecule has 0 aromatic carbocycles. The van der Waals surface area contributed by atoms with Crippen LogP contribution in [0.3, 0.4) is 0 Å². The van der Waals surface area contributed by atoms with Gasteiger partial charge >= 0.3 is 0 Å². The van der Waals surface area contributed by atoms with Crippen LogP contribution >= 0.6 is 47.2 Å². The second kappa shape index (κ2) is 8.30. The molecule has 0 saturated heterocycles. The summed E-state index contributed by atoms with van der Waals surface area (Å²) in [5, 5.41) is 7.99. The van der Waals surface area contributed by atoms with Crippen molar-refractivity contribution in [2.24, 2.45) is 29.8 Å². The molecule has 0 bridgehead atoms. The van der Waals surface area contributed by atoms with Gasteiger partial charge in [0.2, 0.25) is 0 Å². The van der Waals surface area contributed by atoms with Gasteiger partial charge in [0.1, 0.15) is 5.15 Å². The van der Waals surface area contributed by atoms with Gasteiger partial charge in [-0.15, -0.1) is 24.0 Å². The molecule has 0 spiro atoms. The molecule has 23 heavy (non-hydrogen) atoms. The van der Waals surface area contributed by atoms with E-state index in [1.165, 1.54) is 25.7 Å². The monoisotopic (exact) mass is 470 g/mol. The highest BCUT2D eigenvalue weighted by molar-refractivity contribution is 14.0. The molecule has 0 amide bonds. The van der Waals surface area contributed by atoms with Crippen LogP contribution in [-0.2, 0) is 13.6 Å². The Balaban J connectivity index is 0.00000192. The predicted molar refractivity (Wildman–Crippen MR) is 108 cm³/mol. The number of aromatic nitrogens is 1. The molecule has 1 heterocycles. The molecule has 2 fully saturated rings. The van der Waals surface area contributed by atoms with Crippen LogP contribution < -0.4 is 10.6 Å². The number of rotatable bonds is 6. The van der Waals surface area contributed by atoms with Gasteiger partial charge in [0, 0.05) is 26.3 Å². The van der Waals surface area contributed by atoms with Gasteiger partial charge < -0.3 is 15.2 Å². The fraction of sp³-hybridized carbons (Fsp3) is 0.688. The molecular weight excluding hydrogens is 446 g/mol. The van der Waals surface area contributed by atoms with Crippen molar-refractivity contribution in [2.45, 2.75) is 32.2 Å². The Labute approximate surface area is 165 Å². The number of aliphatic imine (C=N–C) groups is 1. The Bertz CT molecular complexity index is 553. The molecule has 7 heteroatoms. The van der Waals surface area contributed by atoms with Gasteiger partial charge in [-0.25, -0.2) is 0 Å². The summed E-state index contributed by atoms with van der Waals surface area (Å²) in [7, 11) is 3.72. The summed E-state index contributed by atoms with van der Waals surface area (Å²) in [6, 6.07) is 1.89. The van der Waals surface area contributed by atoms with Crippen molar-refractivity contribution in [1.29, 1.82) is 0 Å². The number of halogens is 3. The van der Waals surface area contributed by atoms with E-state index in [1.54, 1.807) is 0 Å². The third-order valence-corrected chi connectivity index (χ3v) is 5.68. The fourth-order valence-corrected chi connectivity index (χ4v) is 3.55. The smallest absolute Gasteiger partial charge is 0.191 e. The first kappa shape index (κ1) is 19.2. The lowest BCUT2D eigenvalue weighted by molar-refractivity contribution is 0.400. The minimum atomic E-state index is 0. The van der Waals surface area contributed by atoms with E-state index in [-0.39, 0.29) is 24.0 Å². The zero-order valence-corrected chi connectivity index (χ0v) is 17.5. The number of nitrogens with zero attached hydrogens (tertiary/aromatic N) is 2. The van der Waals surface area contributed by atoms with Crippen molar-refractivity contribution in [3.8, 4) is 0 Å². The van der Waals surface area contributed by atoms with Crippen molar-refractivity contribution in [1.82, 2.24) is 15.2 Å². The van der Waals surface area contributed by atoms with Gasteiger partial charge in [-0.1, -0.05) is 23.2 Å². The molecule has 0 aliphatic heterocycles. The van der Waals surface area contributed by atoms with Gasteiger partial charge in [-0.2, -0.15) is 0 Å². The van der Waals surface area contributed by atoms with Crippen LogP contribution in [0.5, 0.6) is 0 Å². The molecule has 1 aromatic heterocycles. The molecule has 1 aromatic rings. The van der Waals surface area contributed by atoms with Gasteiger partial charge in [-0.05, 0) is 49.5 Å². The molecule has 2 aliphatic rings. The van der Waals surface area contributed by atoms with Crippen LogP contribution in [0.1, 0.15) is 31.4 Å². The van der Waals surface area contributed by atoms with E-state index >= 15 is 0 Å². The second-order valence-electron chi connectivity index (χ2n) is 6.48. The minimum Gasteiger partial charge on any atom is -0.356 e. The van der Waals surface area contributed by atoms with Crippen molar-refractivity contribution in [3.05, 3.63) is 21.9 Å². The van der Waals surface area contributed by atoms with Gasteiger partial charge in [0.05, 0.1) is 11.6 Å². The Morgan fingerprint density at radius 2 is 1.87 bits per heavy atom. The molecule has 2 N–H and O–H groups in total. The molecule has 2 saturated carbocycles. The summed E-state index contributed by atoms with van der Waals surface area (Å²) < 4.78 is 1.89. The van der Waals surface area contributed by atoms with Crippen LogP contribution in [0, 0.1) is 17.8 Å². The van der Waals surface area contributed by atoms with E-state index in [0.29, 0.717) is 16.7 Å². The average molecular weight is 471 g/mol. The van der Waals surface area contributed by atoms with Gasteiger partial charge in [0.15, 0.2) is 5.96 Å². The summed E-state index contributed by atoms with van der Waals surface area (Å²) in [6.07, 6.45) is 5.65. The number of guanidine groups is 1. The Kier molecular flexibility index (Phi) is 6.92. The molecule has 2 aliphatic carbocycles. The van der Waals surface area contributed by atoms with E-state index < -0.39 is 0 Å². The van der Waals surface area contributed by atoms with Crippen molar-refractivity contribution in [3.63, 3.8) is 0 Å². The first-order valence-electron chi connectivity index (χ1n) is 8.04. The van der Waals surface area contributed by atoms with E-state index in [0.717, 1.165) is 36.0 Å². The maximum absolute atomic E-state index is 6.09. The lowest BCUT2D eigenvalue weighted by Gasteiger charge is -2.19. The molecule has 130 valence electrons. The maximum atomic E-state index is 6.09. The number of hydrogen-bond acceptors (Lipinski definition) is 1. The highest BCUT2D eigenvalue weighted by Gasteiger charge is 2.41. The third kappa shape index (κ3) is 4.92. The van der Waals surface area contributed by atoms with Crippen LogP contribution in [0.4, 0.5) is 0 Å². The zero-order chi connectivity index (χ0) is 15.7. The fourth-order valence-electron chi connectivity index (χ4n) is 3.13. The third-order valence-electron chi connectivity index (χ3n) is 4.84. The van der Waals surface area contributed by atoms with Gasteiger partial charge in [0.25, 0.3) is 0 Å².